The summed E-state index contributed by atoms with van der Waals surface area (Å²) >= 11 is 0. The van der Waals surface area contributed by atoms with Gasteiger partial charge in [-0.1, -0.05) is 18.9 Å². The summed E-state index contributed by atoms with van der Waals surface area (Å²) in [6, 6.07) is 14.1. The average molecular weight is 411 g/mol. The zero-order chi connectivity index (χ0) is 20.6. The monoisotopic (exact) mass is 410 g/mol. The van der Waals surface area contributed by atoms with Crippen LogP contribution in [-0.2, 0) is 6.42 Å². The molecule has 2 aliphatic heterocycles. The summed E-state index contributed by atoms with van der Waals surface area (Å²) < 4.78 is 11.2. The van der Waals surface area contributed by atoms with E-state index in [-0.39, 0.29) is 0 Å². The van der Waals surface area contributed by atoms with Gasteiger partial charge < -0.3 is 15.4 Å². The van der Waals surface area contributed by atoms with Gasteiger partial charge in [0.05, 0.1) is 5.69 Å². The van der Waals surface area contributed by atoms with Crippen LogP contribution < -0.4 is 10.5 Å². The largest absolute Gasteiger partial charge is 0.455 e. The molecule has 0 spiro atoms. The van der Waals surface area contributed by atoms with Crippen LogP contribution in [0.1, 0.15) is 11.1 Å². The van der Waals surface area contributed by atoms with Crippen molar-refractivity contribution in [3.8, 4) is 11.5 Å². The van der Waals surface area contributed by atoms with Crippen molar-refractivity contribution in [2.75, 3.05) is 52.2 Å². The highest BCUT2D eigenvalue weighted by Crippen LogP contribution is 2.59. The summed E-state index contributed by atoms with van der Waals surface area (Å²) in [4.78, 5) is 2.00. The first kappa shape index (κ1) is 20.1. The topological polar surface area (TPSA) is 44.5 Å². The average Bonchev–Trinajstić information content (AvgIpc) is 3.59. The molecular formula is C23H31N4OP. The normalized spacial score (nSPS) is 16.5. The van der Waals surface area contributed by atoms with Gasteiger partial charge in [-0.25, -0.2) is 0 Å². The van der Waals surface area contributed by atoms with Gasteiger partial charge in [0.25, 0.3) is 0 Å². The minimum absolute atomic E-state index is 0.656. The Morgan fingerprint density at radius 3 is 2.24 bits per heavy atom. The van der Waals surface area contributed by atoms with E-state index in [0.29, 0.717) is 11.4 Å². The number of hydrogen-bond donors (Lipinski definition) is 1. The predicted molar refractivity (Wildman–Crippen MR) is 126 cm³/mol. The second kappa shape index (κ2) is 7.91. The first-order chi connectivity index (χ1) is 13.9. The van der Waals surface area contributed by atoms with E-state index in [9.17, 15) is 0 Å². The van der Waals surface area contributed by atoms with Crippen molar-refractivity contribution in [2.24, 2.45) is 0 Å². The first-order valence-electron chi connectivity index (χ1n) is 10.1. The van der Waals surface area contributed by atoms with Crippen LogP contribution in [0.15, 0.2) is 49.0 Å². The molecule has 0 amide bonds. The third-order valence-electron chi connectivity index (χ3n) is 5.69. The molecule has 0 unspecified atom stereocenters. The Labute approximate surface area is 174 Å². The molecule has 2 saturated heterocycles. The summed E-state index contributed by atoms with van der Waals surface area (Å²) in [6.07, 6.45) is 6.77. The molecule has 2 aliphatic rings. The fraction of sp³-hybridized carbons (Fsp3) is 0.348. The zero-order valence-corrected chi connectivity index (χ0v) is 18.4. The Morgan fingerprint density at radius 2 is 1.69 bits per heavy atom. The maximum absolute atomic E-state index is 6.19. The maximum Gasteiger partial charge on any atom is 0.150 e. The molecule has 0 bridgehead atoms. The van der Waals surface area contributed by atoms with Gasteiger partial charge in [-0.3, -0.25) is 9.34 Å². The van der Waals surface area contributed by atoms with Crippen molar-refractivity contribution in [2.45, 2.75) is 6.42 Å². The lowest BCUT2D eigenvalue weighted by Crippen LogP contribution is -2.10. The van der Waals surface area contributed by atoms with Crippen LogP contribution in [-0.4, -0.2) is 67.0 Å². The highest BCUT2D eigenvalue weighted by molar-refractivity contribution is 7.69. The number of nitrogens with zero attached hydrogens (tertiary/aromatic N) is 3. The fourth-order valence-electron chi connectivity index (χ4n) is 3.53. The second-order valence-electron chi connectivity index (χ2n) is 8.10. The van der Waals surface area contributed by atoms with E-state index >= 15 is 0 Å². The number of nitrogen functional groups attached to an aromatic ring is 1. The Hall–Kier alpha value is -2.20. The summed E-state index contributed by atoms with van der Waals surface area (Å²) in [5, 5.41) is 0. The van der Waals surface area contributed by atoms with Crippen molar-refractivity contribution in [3.05, 3.63) is 60.2 Å². The molecule has 2 aromatic rings. The number of aryl methyl sites for hydroxylation is 1. The summed E-state index contributed by atoms with van der Waals surface area (Å²) in [5.41, 5.74) is 10.1. The Bertz CT molecular complexity index is 930. The van der Waals surface area contributed by atoms with E-state index in [2.05, 4.69) is 34.4 Å². The van der Waals surface area contributed by atoms with E-state index in [0.717, 1.165) is 29.6 Å². The molecule has 0 aromatic heterocycles. The highest BCUT2D eigenvalue weighted by atomic mass is 31.2. The molecule has 0 radical (unpaired) electrons. The van der Waals surface area contributed by atoms with Gasteiger partial charge in [0, 0.05) is 53.2 Å². The molecule has 0 saturated carbocycles. The highest BCUT2D eigenvalue weighted by Gasteiger charge is 2.40. The van der Waals surface area contributed by atoms with E-state index < -0.39 is 7.19 Å². The summed E-state index contributed by atoms with van der Waals surface area (Å²) in [5.74, 6) is 1.49. The van der Waals surface area contributed by atoms with Crippen molar-refractivity contribution < 1.29 is 4.74 Å². The van der Waals surface area contributed by atoms with E-state index in [4.69, 9.17) is 10.5 Å². The molecule has 29 heavy (non-hydrogen) atoms. The third kappa shape index (κ3) is 4.53. The summed E-state index contributed by atoms with van der Waals surface area (Å²) in [7, 11) is 2.64. The first-order valence-corrected chi connectivity index (χ1v) is 12.2. The van der Waals surface area contributed by atoms with Crippen molar-refractivity contribution >= 4 is 24.9 Å². The van der Waals surface area contributed by atoms with Crippen LogP contribution in [0.4, 0.5) is 5.69 Å². The number of benzene rings is 2. The SMILES string of the molecule is C=C(c1ccc(Oc2cc(CCP(=C)(N3CC3)N3CC3)ccc2N)cc1)N(C)C. The van der Waals surface area contributed by atoms with E-state index in [1.807, 2.05) is 49.3 Å². The lowest BCUT2D eigenvalue weighted by molar-refractivity contribution is 0.484. The molecular weight excluding hydrogens is 379 g/mol. The third-order valence-corrected chi connectivity index (χ3v) is 9.54. The quantitative estimate of drug-likeness (QED) is 0.384. The number of anilines is 1. The number of nitrogens with two attached hydrogens (primary N) is 1. The molecule has 0 aliphatic carbocycles. The van der Waals surface area contributed by atoms with Gasteiger partial charge in [-0.15, -0.1) is 0 Å². The van der Waals surface area contributed by atoms with E-state index in [1.165, 1.54) is 31.7 Å². The molecule has 154 valence electrons. The van der Waals surface area contributed by atoms with Crippen molar-refractivity contribution in [1.29, 1.82) is 0 Å². The Morgan fingerprint density at radius 1 is 1.07 bits per heavy atom. The number of rotatable bonds is 9. The van der Waals surface area contributed by atoms with Gasteiger partial charge in [0.1, 0.15) is 5.75 Å². The minimum Gasteiger partial charge on any atom is -0.455 e. The van der Waals surface area contributed by atoms with Gasteiger partial charge in [-0.05, 0) is 60.1 Å². The molecule has 4 rings (SSSR count). The fourth-order valence-corrected chi connectivity index (χ4v) is 6.73. The zero-order valence-electron chi connectivity index (χ0n) is 17.5. The maximum atomic E-state index is 6.19. The lowest BCUT2D eigenvalue weighted by Gasteiger charge is -2.27. The predicted octanol–water partition coefficient (Wildman–Crippen LogP) is 4.05. The van der Waals surface area contributed by atoms with Gasteiger partial charge in [-0.2, -0.15) is 0 Å². The van der Waals surface area contributed by atoms with Crippen molar-refractivity contribution in [3.63, 3.8) is 0 Å². The van der Waals surface area contributed by atoms with Crippen LogP contribution in [0.2, 0.25) is 0 Å². The molecule has 2 heterocycles. The smallest absolute Gasteiger partial charge is 0.150 e. The molecule has 2 fully saturated rings. The molecule has 2 aromatic carbocycles. The standard InChI is InChI=1S/C23H31N4OP/c1-18(25(2)3)20-6-8-21(9-7-20)28-23-17-19(5-10-22(23)24)11-16-29(4,26-12-13-26)27-14-15-27/h5-10,17H,1,4,11-16,24H2,2-3H3. The minimum atomic E-state index is -1.34. The van der Waals surface area contributed by atoms with E-state index in [1.54, 1.807) is 0 Å². The van der Waals surface area contributed by atoms with Gasteiger partial charge in [0.2, 0.25) is 0 Å². The Kier molecular flexibility index (Phi) is 5.48. The van der Waals surface area contributed by atoms with Gasteiger partial charge >= 0.3 is 0 Å². The van der Waals surface area contributed by atoms with Crippen molar-refractivity contribution in [1.82, 2.24) is 14.2 Å². The molecule has 6 heteroatoms. The lowest BCUT2D eigenvalue weighted by atomic mass is 10.1. The van der Waals surface area contributed by atoms with Crippen LogP contribution in [0, 0.1) is 0 Å². The molecule has 2 N–H and O–H groups in total. The second-order valence-corrected chi connectivity index (χ2v) is 11.4. The van der Waals surface area contributed by atoms with Gasteiger partial charge in [0.15, 0.2) is 5.75 Å². The molecule has 5 nitrogen and oxygen atoms in total. The van der Waals surface area contributed by atoms with Crippen LogP contribution in [0.5, 0.6) is 11.5 Å². The number of hydrogen-bond acceptors (Lipinski definition) is 5. The van der Waals surface area contributed by atoms with Crippen LogP contribution in [0.25, 0.3) is 5.70 Å². The number of ether oxygens (including phenoxy) is 1. The van der Waals surface area contributed by atoms with Crippen LogP contribution in [0.3, 0.4) is 0 Å². The van der Waals surface area contributed by atoms with Crippen LogP contribution >= 0.6 is 7.19 Å². The Balaban J connectivity index is 1.44. The summed E-state index contributed by atoms with van der Waals surface area (Å²) in [6.45, 7) is 8.93. The molecule has 0 atom stereocenters.